The fourth-order valence-electron chi connectivity index (χ4n) is 4.03. The standard InChI is InChI=1S/C26H30N4O2.3ClH/c1-29-25-18-24(7-5-23(25)6-8-26(29)31)32-17-3-15-30(20-22-9-13-27-14-10-22)16-11-21-4-2-12-28-19-21;;;/h2,4-5,7,9-10,12-14,18-19H,3,6,8,11,15-17,20H2,1H3;3*1H. The molecule has 0 fully saturated rings. The number of rotatable bonds is 10. The first-order valence-corrected chi connectivity index (χ1v) is 11.2. The van der Waals surface area contributed by atoms with Gasteiger partial charge in [0.05, 0.1) is 12.3 Å². The molecular formula is C26H33Cl3N4O2. The number of aryl methyl sites for hydroxylation is 1. The topological polar surface area (TPSA) is 58.6 Å². The SMILES string of the molecule is CN1C(=O)CCc2ccc(OCCCN(CCc3cccnc3)Cc3ccncc3)cc21.Cl.Cl.Cl. The van der Waals surface area contributed by atoms with E-state index in [1.54, 1.807) is 4.90 Å². The number of ether oxygens (including phenoxy) is 1. The van der Waals surface area contributed by atoms with Crippen LogP contribution in [-0.4, -0.2) is 47.5 Å². The van der Waals surface area contributed by atoms with E-state index in [4.69, 9.17) is 4.74 Å². The van der Waals surface area contributed by atoms with Gasteiger partial charge in [0.25, 0.3) is 0 Å². The zero-order chi connectivity index (χ0) is 22.2. The Morgan fingerprint density at radius 2 is 1.74 bits per heavy atom. The minimum atomic E-state index is 0. The van der Waals surface area contributed by atoms with Gasteiger partial charge in [-0.15, -0.1) is 37.2 Å². The lowest BCUT2D eigenvalue weighted by atomic mass is 10.0. The summed E-state index contributed by atoms with van der Waals surface area (Å²) in [5, 5.41) is 0. The average Bonchev–Trinajstić information content (AvgIpc) is 2.84. The molecular weight excluding hydrogens is 507 g/mol. The predicted octanol–water partition coefficient (Wildman–Crippen LogP) is 5.16. The zero-order valence-electron chi connectivity index (χ0n) is 19.8. The molecule has 3 heterocycles. The van der Waals surface area contributed by atoms with Crippen LogP contribution >= 0.6 is 37.2 Å². The van der Waals surface area contributed by atoms with Crippen molar-refractivity contribution in [2.75, 3.05) is 31.6 Å². The van der Waals surface area contributed by atoms with Gasteiger partial charge in [0.2, 0.25) is 5.91 Å². The number of fused-ring (bicyclic) bond motifs is 1. The molecule has 1 aromatic carbocycles. The highest BCUT2D eigenvalue weighted by Crippen LogP contribution is 2.30. The number of halogens is 3. The van der Waals surface area contributed by atoms with Crippen molar-refractivity contribution in [1.29, 1.82) is 0 Å². The van der Waals surface area contributed by atoms with Crippen molar-refractivity contribution < 1.29 is 9.53 Å². The second-order valence-corrected chi connectivity index (χ2v) is 8.19. The van der Waals surface area contributed by atoms with E-state index in [0.29, 0.717) is 13.0 Å². The van der Waals surface area contributed by atoms with Gasteiger partial charge in [0.15, 0.2) is 0 Å². The maximum atomic E-state index is 12.0. The van der Waals surface area contributed by atoms with E-state index in [9.17, 15) is 4.79 Å². The molecule has 2 aromatic heterocycles. The first-order valence-electron chi connectivity index (χ1n) is 11.2. The third-order valence-corrected chi connectivity index (χ3v) is 5.88. The highest BCUT2D eigenvalue weighted by atomic mass is 35.5. The molecule has 1 aliphatic rings. The number of hydrogen-bond acceptors (Lipinski definition) is 5. The van der Waals surface area contributed by atoms with E-state index in [2.05, 4.69) is 39.1 Å². The average molecular weight is 540 g/mol. The third-order valence-electron chi connectivity index (χ3n) is 5.88. The second-order valence-electron chi connectivity index (χ2n) is 8.19. The predicted molar refractivity (Wildman–Crippen MR) is 147 cm³/mol. The van der Waals surface area contributed by atoms with Gasteiger partial charge in [0, 0.05) is 64.0 Å². The largest absolute Gasteiger partial charge is 0.493 e. The number of amides is 1. The van der Waals surface area contributed by atoms with E-state index >= 15 is 0 Å². The number of anilines is 1. The van der Waals surface area contributed by atoms with Crippen molar-refractivity contribution in [3.8, 4) is 5.75 Å². The molecule has 1 aliphatic heterocycles. The van der Waals surface area contributed by atoms with Gasteiger partial charge in [0.1, 0.15) is 5.75 Å². The van der Waals surface area contributed by atoms with Crippen LogP contribution in [-0.2, 0) is 24.2 Å². The summed E-state index contributed by atoms with van der Waals surface area (Å²) < 4.78 is 6.03. The summed E-state index contributed by atoms with van der Waals surface area (Å²) in [6, 6.07) is 14.3. The lowest BCUT2D eigenvalue weighted by molar-refractivity contribution is -0.118. The third kappa shape index (κ3) is 8.97. The highest BCUT2D eigenvalue weighted by molar-refractivity contribution is 5.96. The number of pyridine rings is 2. The summed E-state index contributed by atoms with van der Waals surface area (Å²) in [7, 11) is 1.84. The number of nitrogens with zero attached hydrogens (tertiary/aromatic N) is 4. The number of carbonyl (C=O) groups excluding carboxylic acids is 1. The number of aromatic nitrogens is 2. The summed E-state index contributed by atoms with van der Waals surface area (Å²) in [4.78, 5) is 24.5. The van der Waals surface area contributed by atoms with Crippen LogP contribution in [0.4, 0.5) is 5.69 Å². The maximum absolute atomic E-state index is 12.0. The van der Waals surface area contributed by atoms with Crippen molar-refractivity contribution in [2.24, 2.45) is 0 Å². The number of hydrogen-bond donors (Lipinski definition) is 0. The molecule has 0 saturated heterocycles. The molecule has 6 nitrogen and oxygen atoms in total. The van der Waals surface area contributed by atoms with Crippen molar-refractivity contribution in [1.82, 2.24) is 14.9 Å². The Kier molecular flexibility index (Phi) is 13.6. The summed E-state index contributed by atoms with van der Waals surface area (Å²) in [5.74, 6) is 0.983. The Morgan fingerprint density at radius 3 is 2.49 bits per heavy atom. The van der Waals surface area contributed by atoms with Gasteiger partial charge in [-0.25, -0.2) is 0 Å². The zero-order valence-corrected chi connectivity index (χ0v) is 22.3. The van der Waals surface area contributed by atoms with Gasteiger partial charge in [-0.1, -0.05) is 12.1 Å². The van der Waals surface area contributed by atoms with Crippen LogP contribution < -0.4 is 9.64 Å². The van der Waals surface area contributed by atoms with E-state index < -0.39 is 0 Å². The molecule has 0 unspecified atom stereocenters. The van der Waals surface area contributed by atoms with Gasteiger partial charge in [-0.05, 0) is 60.2 Å². The quantitative estimate of drug-likeness (QED) is 0.333. The molecule has 0 N–H and O–H groups in total. The lowest BCUT2D eigenvalue weighted by Gasteiger charge is -2.26. The molecule has 9 heteroatoms. The Bertz CT molecular complexity index is 1030. The Labute approximate surface area is 226 Å². The van der Waals surface area contributed by atoms with Crippen LogP contribution in [0.2, 0.25) is 0 Å². The van der Waals surface area contributed by atoms with E-state index in [0.717, 1.165) is 50.3 Å². The maximum Gasteiger partial charge on any atom is 0.227 e. The molecule has 0 aliphatic carbocycles. The van der Waals surface area contributed by atoms with Crippen LogP contribution in [0.5, 0.6) is 5.75 Å². The van der Waals surface area contributed by atoms with Gasteiger partial charge in [-0.2, -0.15) is 0 Å². The van der Waals surface area contributed by atoms with Crippen LogP contribution in [0.25, 0.3) is 0 Å². The second kappa shape index (κ2) is 15.6. The smallest absolute Gasteiger partial charge is 0.227 e. The fraction of sp³-hybridized carbons (Fsp3) is 0.346. The van der Waals surface area contributed by atoms with Crippen LogP contribution in [0.3, 0.4) is 0 Å². The Balaban J connectivity index is 0.00000204. The van der Waals surface area contributed by atoms with Crippen molar-refractivity contribution in [2.45, 2.75) is 32.2 Å². The molecule has 0 spiro atoms. The fourth-order valence-corrected chi connectivity index (χ4v) is 4.03. The molecule has 190 valence electrons. The minimum Gasteiger partial charge on any atom is -0.493 e. The molecule has 0 bridgehead atoms. The van der Waals surface area contributed by atoms with Crippen molar-refractivity contribution in [3.63, 3.8) is 0 Å². The van der Waals surface area contributed by atoms with Crippen LogP contribution in [0, 0.1) is 0 Å². The monoisotopic (exact) mass is 538 g/mol. The summed E-state index contributed by atoms with van der Waals surface area (Å²) in [6.45, 7) is 3.41. The molecule has 0 radical (unpaired) electrons. The number of benzene rings is 1. The normalized spacial score (nSPS) is 12.2. The molecule has 4 rings (SSSR count). The number of carbonyl (C=O) groups is 1. The molecule has 0 atom stereocenters. The lowest BCUT2D eigenvalue weighted by Crippen LogP contribution is -2.31. The first kappa shape index (κ1) is 30.7. The van der Waals surface area contributed by atoms with Gasteiger partial charge < -0.3 is 9.64 Å². The summed E-state index contributed by atoms with van der Waals surface area (Å²) in [6.07, 6.45) is 10.7. The van der Waals surface area contributed by atoms with Gasteiger partial charge in [-0.3, -0.25) is 19.7 Å². The Hall–Kier alpha value is -2.38. The molecule has 1 amide bonds. The molecule has 0 saturated carbocycles. The molecule has 3 aromatic rings. The van der Waals surface area contributed by atoms with Crippen molar-refractivity contribution in [3.05, 3.63) is 83.9 Å². The van der Waals surface area contributed by atoms with Gasteiger partial charge >= 0.3 is 0 Å². The minimum absolute atomic E-state index is 0. The van der Waals surface area contributed by atoms with Crippen LogP contribution in [0.15, 0.2) is 67.3 Å². The van der Waals surface area contributed by atoms with E-state index in [-0.39, 0.29) is 43.1 Å². The van der Waals surface area contributed by atoms with E-state index in [1.807, 2.05) is 50.0 Å². The molecule has 35 heavy (non-hydrogen) atoms. The Morgan fingerprint density at radius 1 is 0.943 bits per heavy atom. The van der Waals surface area contributed by atoms with E-state index in [1.165, 1.54) is 16.7 Å². The van der Waals surface area contributed by atoms with Crippen molar-refractivity contribution >= 4 is 48.8 Å². The van der Waals surface area contributed by atoms with Crippen LogP contribution in [0.1, 0.15) is 29.5 Å². The summed E-state index contributed by atoms with van der Waals surface area (Å²) >= 11 is 0. The summed E-state index contributed by atoms with van der Waals surface area (Å²) in [5.41, 5.74) is 4.68. The first-order chi connectivity index (χ1) is 15.7. The highest BCUT2D eigenvalue weighted by Gasteiger charge is 2.21.